The van der Waals surface area contributed by atoms with Crippen LogP contribution in [0.2, 0.25) is 0 Å². The van der Waals surface area contributed by atoms with Gasteiger partial charge in [-0.1, -0.05) is 156 Å². The molecule has 8 aromatic rings. The molecule has 0 unspecified atom stereocenters. The number of nitrogens with zero attached hydrogens (tertiary/aromatic N) is 1. The largest absolute Gasteiger partial charge is 0.490 e. The molecule has 0 fully saturated rings. The molecule has 0 N–H and O–H groups in total. The van der Waals surface area contributed by atoms with Gasteiger partial charge >= 0.3 is 0 Å². The monoisotopic (exact) mass is 1100 g/mol. The van der Waals surface area contributed by atoms with Gasteiger partial charge in [0.25, 0.3) is 11.8 Å². The van der Waals surface area contributed by atoms with Gasteiger partial charge in [-0.2, -0.15) is 0 Å². The van der Waals surface area contributed by atoms with Crippen LogP contribution in [-0.2, 0) is 9.59 Å². The Kier molecular flexibility index (Phi) is 20.5. The average Bonchev–Trinajstić information content (AvgIpc) is 4.30. The lowest BCUT2D eigenvalue weighted by Gasteiger charge is -2.15. The number of carbonyl (C=O) groups is 2. The molecule has 1 aliphatic rings. The number of amides is 2. The minimum atomic E-state index is -0.272. The van der Waals surface area contributed by atoms with Crippen molar-refractivity contribution in [3.8, 4) is 23.0 Å². The fourth-order valence-electron chi connectivity index (χ4n) is 11.0. The molecule has 11 heteroatoms. The number of ether oxygens (including phenoxy) is 4. The molecule has 2 amide bonds. The van der Waals surface area contributed by atoms with E-state index in [1.54, 1.807) is 52.4 Å². The molecule has 0 bridgehead atoms. The molecule has 4 aromatic carbocycles. The first kappa shape index (κ1) is 56.1. The number of benzene rings is 4. The number of hydrogen-bond donors (Lipinski definition) is 0. The molecule has 0 saturated carbocycles. The number of imide groups is 1. The minimum absolute atomic E-state index is 0.272. The third kappa shape index (κ3) is 12.7. The highest BCUT2D eigenvalue weighted by Crippen LogP contribution is 2.51. The van der Waals surface area contributed by atoms with Gasteiger partial charge in [0.1, 0.15) is 0 Å². The summed E-state index contributed by atoms with van der Waals surface area (Å²) < 4.78 is 31.1. The molecular formula is C65H81NO6S4. The Hall–Kier alpha value is -4.68. The molecule has 9 rings (SSSR count). The minimum Gasteiger partial charge on any atom is -0.490 e. The Labute approximate surface area is 467 Å². The summed E-state index contributed by atoms with van der Waals surface area (Å²) in [6.45, 7) is 11.6. The summed E-state index contributed by atoms with van der Waals surface area (Å²) in [5, 5.41) is 13.2. The first-order valence-electron chi connectivity index (χ1n) is 29.3. The number of rotatable bonds is 34. The topological polar surface area (TPSA) is 74.3 Å². The molecule has 0 aliphatic carbocycles. The van der Waals surface area contributed by atoms with Gasteiger partial charge in [0, 0.05) is 78.7 Å². The zero-order valence-corrected chi connectivity index (χ0v) is 49.4. The Morgan fingerprint density at radius 2 is 0.632 bits per heavy atom. The van der Waals surface area contributed by atoms with Crippen molar-refractivity contribution in [2.75, 3.05) is 33.5 Å². The SMILES string of the molecule is CCCCCCCCOc1cc2c(cc1OCCCCCCCC)c1sc(C3=C(c4cc5c6ccsc6c6cc(OCCCCCCCC)c(OCCCCCCCC)cc6c5s4)C(=O)N(C)C3=O)cc1c1ccsc12. The summed E-state index contributed by atoms with van der Waals surface area (Å²) in [5.41, 5.74) is 0.934. The molecule has 0 atom stereocenters. The third-order valence-corrected chi connectivity index (χ3v) is 19.6. The quantitative estimate of drug-likeness (QED) is 0.0296. The molecular weight excluding hydrogens is 1020 g/mol. The van der Waals surface area contributed by atoms with Crippen LogP contribution in [0.4, 0.5) is 0 Å². The van der Waals surface area contributed by atoms with Gasteiger partial charge in [-0.25, -0.2) is 0 Å². The summed E-state index contributed by atoms with van der Waals surface area (Å²) in [6.07, 6.45) is 28.7. The highest BCUT2D eigenvalue weighted by atomic mass is 32.1. The molecule has 5 heterocycles. The predicted molar refractivity (Wildman–Crippen MR) is 330 cm³/mol. The molecule has 406 valence electrons. The molecule has 0 saturated heterocycles. The Morgan fingerprint density at radius 1 is 0.355 bits per heavy atom. The van der Waals surface area contributed by atoms with Crippen LogP contribution in [0, 0.1) is 0 Å². The van der Waals surface area contributed by atoms with E-state index < -0.39 is 0 Å². The highest BCUT2D eigenvalue weighted by Gasteiger charge is 2.39. The summed E-state index contributed by atoms with van der Waals surface area (Å²) in [7, 11) is 1.62. The van der Waals surface area contributed by atoms with Gasteiger partial charge in [-0.15, -0.1) is 45.3 Å². The van der Waals surface area contributed by atoms with Crippen LogP contribution in [0.15, 0.2) is 59.3 Å². The van der Waals surface area contributed by atoms with Crippen LogP contribution in [0.1, 0.15) is 192 Å². The van der Waals surface area contributed by atoms with Gasteiger partial charge in [0.2, 0.25) is 0 Å². The van der Waals surface area contributed by atoms with Gasteiger partial charge in [0.05, 0.1) is 37.6 Å². The van der Waals surface area contributed by atoms with Crippen LogP contribution in [0.25, 0.3) is 73.0 Å². The van der Waals surface area contributed by atoms with Crippen LogP contribution in [0.5, 0.6) is 23.0 Å². The third-order valence-electron chi connectivity index (χ3n) is 15.3. The molecule has 1 aliphatic heterocycles. The van der Waals surface area contributed by atoms with Crippen LogP contribution in [0.3, 0.4) is 0 Å². The van der Waals surface area contributed by atoms with E-state index in [2.05, 4.69) is 87.0 Å². The Balaban J connectivity index is 1.10. The van der Waals surface area contributed by atoms with E-state index in [1.807, 2.05) is 0 Å². The Bertz CT molecular complexity index is 3050. The number of likely N-dealkylation sites (N-methyl/N-ethyl adjacent to an activating group) is 1. The number of thiophene rings is 4. The van der Waals surface area contributed by atoms with Gasteiger partial charge < -0.3 is 18.9 Å². The van der Waals surface area contributed by atoms with Crippen molar-refractivity contribution in [2.24, 2.45) is 0 Å². The fraction of sp³-hybridized carbons (Fsp3) is 0.508. The van der Waals surface area contributed by atoms with Crippen molar-refractivity contribution in [1.82, 2.24) is 4.90 Å². The normalized spacial score (nSPS) is 13.2. The lowest BCUT2D eigenvalue weighted by Crippen LogP contribution is -2.26. The fourth-order valence-corrected chi connectivity index (χ4v) is 15.3. The molecule has 4 aromatic heterocycles. The maximum atomic E-state index is 14.6. The summed E-state index contributed by atoms with van der Waals surface area (Å²) in [4.78, 5) is 32.2. The van der Waals surface area contributed by atoms with E-state index in [4.69, 9.17) is 18.9 Å². The van der Waals surface area contributed by atoms with E-state index in [0.717, 1.165) is 137 Å². The molecule has 0 spiro atoms. The van der Waals surface area contributed by atoms with Crippen molar-refractivity contribution < 1.29 is 28.5 Å². The predicted octanol–water partition coefficient (Wildman–Crippen LogP) is 20.7. The van der Waals surface area contributed by atoms with Crippen molar-refractivity contribution in [3.63, 3.8) is 0 Å². The highest BCUT2D eigenvalue weighted by molar-refractivity contribution is 7.24. The van der Waals surface area contributed by atoms with E-state index in [1.165, 1.54) is 117 Å². The zero-order chi connectivity index (χ0) is 52.8. The summed E-state index contributed by atoms with van der Waals surface area (Å²) in [6, 6.07) is 17.5. The van der Waals surface area contributed by atoms with Crippen molar-refractivity contribution in [3.05, 3.63) is 69.0 Å². The zero-order valence-electron chi connectivity index (χ0n) is 46.1. The van der Waals surface area contributed by atoms with E-state index >= 15 is 0 Å². The van der Waals surface area contributed by atoms with Crippen molar-refractivity contribution in [2.45, 2.75) is 182 Å². The van der Waals surface area contributed by atoms with E-state index in [-0.39, 0.29) is 11.8 Å². The molecule has 76 heavy (non-hydrogen) atoms. The summed E-state index contributed by atoms with van der Waals surface area (Å²) >= 11 is 6.67. The first-order valence-corrected chi connectivity index (χ1v) is 32.6. The second-order valence-corrected chi connectivity index (χ2v) is 25.0. The first-order chi connectivity index (χ1) is 37.4. The average molecular weight is 1100 g/mol. The molecule has 7 nitrogen and oxygen atoms in total. The van der Waals surface area contributed by atoms with Crippen molar-refractivity contribution in [1.29, 1.82) is 0 Å². The smallest absolute Gasteiger partial charge is 0.262 e. The second kappa shape index (κ2) is 27.8. The van der Waals surface area contributed by atoms with E-state index in [0.29, 0.717) is 37.6 Å². The number of fused-ring (bicyclic) bond motifs is 12. The maximum absolute atomic E-state index is 14.6. The van der Waals surface area contributed by atoms with Gasteiger partial charge in [0.15, 0.2) is 23.0 Å². The Morgan fingerprint density at radius 3 is 0.947 bits per heavy atom. The molecule has 0 radical (unpaired) electrons. The van der Waals surface area contributed by atoms with Crippen LogP contribution in [-0.4, -0.2) is 50.2 Å². The standard InChI is InChI=1S/C65H81NO6S4/c1-6-10-14-18-22-26-32-69-52-38-46-48(40-54(52)71-34-28-24-20-16-12-8-3)62-50(44-30-36-73-60(44)46)42-56(75-62)58-59(65(68)66(5)64(58)67)57-43-51-45-31-37-74-61(45)47-39-53(70-33-27-23-19-15-11-7-2)55(41-49(47)63(51)76-57)72-35-29-25-21-17-13-9-4/h30-31,36-43H,6-29,32-35H2,1-5H3. The number of unbranched alkanes of at least 4 members (excludes halogenated alkanes) is 20. The van der Waals surface area contributed by atoms with Gasteiger partial charge in [-0.3, -0.25) is 14.5 Å². The lowest BCUT2D eigenvalue weighted by atomic mass is 10.0. The van der Waals surface area contributed by atoms with Crippen LogP contribution >= 0.6 is 45.3 Å². The van der Waals surface area contributed by atoms with E-state index in [9.17, 15) is 9.59 Å². The van der Waals surface area contributed by atoms with Crippen molar-refractivity contribution >= 4 is 130 Å². The lowest BCUT2D eigenvalue weighted by molar-refractivity contribution is -0.134. The summed E-state index contributed by atoms with van der Waals surface area (Å²) in [5.74, 6) is 2.60. The van der Waals surface area contributed by atoms with Crippen LogP contribution < -0.4 is 18.9 Å². The maximum Gasteiger partial charge on any atom is 0.262 e. The number of hydrogen-bond acceptors (Lipinski definition) is 10. The second-order valence-electron chi connectivity index (χ2n) is 21.1. The number of carbonyl (C=O) groups excluding carboxylic acids is 2. The van der Waals surface area contributed by atoms with Gasteiger partial charge in [-0.05, 0) is 85.0 Å².